The van der Waals surface area contributed by atoms with Crippen molar-refractivity contribution in [3.8, 4) is 0 Å². The molecule has 1 aliphatic carbocycles. The van der Waals surface area contributed by atoms with Crippen molar-refractivity contribution in [2.24, 2.45) is 16.9 Å². The summed E-state index contributed by atoms with van der Waals surface area (Å²) in [5.41, 5.74) is 10.1. The fourth-order valence-corrected chi connectivity index (χ4v) is 1.10. The van der Waals surface area contributed by atoms with E-state index in [0.717, 1.165) is 0 Å². The molecule has 6 heteroatoms. The lowest BCUT2D eigenvalue weighted by Gasteiger charge is -2.15. The van der Waals surface area contributed by atoms with Crippen molar-refractivity contribution in [1.29, 1.82) is 0 Å². The van der Waals surface area contributed by atoms with Gasteiger partial charge in [-0.15, -0.1) is 24.8 Å². The summed E-state index contributed by atoms with van der Waals surface area (Å²) in [5.74, 6) is -0.801. The van der Waals surface area contributed by atoms with Gasteiger partial charge in [0.15, 0.2) is 0 Å². The molecule has 4 nitrogen and oxygen atoms in total. The van der Waals surface area contributed by atoms with Crippen molar-refractivity contribution in [1.82, 2.24) is 0 Å². The van der Waals surface area contributed by atoms with Crippen LogP contribution in [0.5, 0.6) is 0 Å². The maximum Gasteiger partial charge on any atom is 0.311 e. The molecule has 1 saturated carbocycles. The second-order valence-corrected chi connectivity index (χ2v) is 2.80. The van der Waals surface area contributed by atoms with Gasteiger partial charge in [-0.1, -0.05) is 0 Å². The summed E-state index contributed by atoms with van der Waals surface area (Å²) in [4.78, 5) is 10.5. The van der Waals surface area contributed by atoms with Gasteiger partial charge in [-0.05, 0) is 12.8 Å². The number of halogens is 2. The number of carboxylic acids is 1. The van der Waals surface area contributed by atoms with E-state index in [9.17, 15) is 4.79 Å². The summed E-state index contributed by atoms with van der Waals surface area (Å²) in [6, 6.07) is -0.370. The first-order chi connectivity index (χ1) is 4.63. The molecule has 1 fully saturated rings. The molecule has 74 valence electrons. The summed E-state index contributed by atoms with van der Waals surface area (Å²) in [7, 11) is 0. The molecule has 0 spiro atoms. The Morgan fingerprint density at radius 2 is 1.92 bits per heavy atom. The summed E-state index contributed by atoms with van der Waals surface area (Å²) in [6.07, 6.45) is 1.36. The zero-order valence-corrected chi connectivity index (χ0v) is 8.16. The van der Waals surface area contributed by atoms with Crippen LogP contribution in [0.15, 0.2) is 0 Å². The molecule has 0 aliphatic heterocycles. The molecule has 0 saturated heterocycles. The molecule has 0 bridgehead atoms. The molecule has 0 radical (unpaired) electrons. The normalized spacial score (nSPS) is 19.8. The fourth-order valence-electron chi connectivity index (χ4n) is 1.10. The van der Waals surface area contributed by atoms with Gasteiger partial charge in [0.1, 0.15) is 0 Å². The number of hydrogen-bond donors (Lipinski definition) is 3. The van der Waals surface area contributed by atoms with E-state index < -0.39 is 11.4 Å². The van der Waals surface area contributed by atoms with Gasteiger partial charge in [0.05, 0.1) is 5.41 Å². The molecule has 1 rings (SSSR count). The monoisotopic (exact) mass is 216 g/mol. The third-order valence-electron chi connectivity index (χ3n) is 2.18. The van der Waals surface area contributed by atoms with E-state index in [1.165, 1.54) is 0 Å². The van der Waals surface area contributed by atoms with E-state index in [1.54, 1.807) is 0 Å². The molecule has 0 aromatic carbocycles. The molecule has 1 atom stereocenters. The number of hydrogen-bond acceptors (Lipinski definition) is 3. The lowest BCUT2D eigenvalue weighted by molar-refractivity contribution is -0.144. The Hall–Kier alpha value is -0.0300. The quantitative estimate of drug-likeness (QED) is 0.619. The zero-order chi connectivity index (χ0) is 7.78. The minimum atomic E-state index is -0.801. The molecule has 0 aromatic rings. The fraction of sp³-hybridized carbons (Fsp3) is 0.833. The Bertz CT molecular complexity index is 162. The predicted molar refractivity (Wildman–Crippen MR) is 50.8 cm³/mol. The highest BCUT2D eigenvalue weighted by Crippen LogP contribution is 2.47. The van der Waals surface area contributed by atoms with E-state index in [-0.39, 0.29) is 37.4 Å². The highest BCUT2D eigenvalue weighted by Gasteiger charge is 2.54. The van der Waals surface area contributed by atoms with Crippen molar-refractivity contribution in [2.75, 3.05) is 6.54 Å². The van der Waals surface area contributed by atoms with Crippen LogP contribution in [-0.4, -0.2) is 23.7 Å². The Kier molecular flexibility index (Phi) is 5.88. The van der Waals surface area contributed by atoms with Crippen LogP contribution < -0.4 is 11.5 Å². The minimum absolute atomic E-state index is 0. The Balaban J connectivity index is 0. The Morgan fingerprint density at radius 3 is 2.00 bits per heavy atom. The molecular weight excluding hydrogens is 203 g/mol. The van der Waals surface area contributed by atoms with Crippen LogP contribution in [0.2, 0.25) is 0 Å². The standard InChI is InChI=1S/C6H12N2O2.2ClH/c7-3-4(8)6(1-2-6)5(9)10;;/h4H,1-3,7-8H2,(H,9,10);2*1H. The van der Waals surface area contributed by atoms with Crippen molar-refractivity contribution >= 4 is 30.8 Å². The largest absolute Gasteiger partial charge is 0.481 e. The first kappa shape index (κ1) is 14.5. The maximum atomic E-state index is 10.5. The molecule has 1 unspecified atom stereocenters. The lowest BCUT2D eigenvalue weighted by Crippen LogP contribution is -2.42. The van der Waals surface area contributed by atoms with Gasteiger partial charge in [0.2, 0.25) is 0 Å². The van der Waals surface area contributed by atoms with E-state index in [4.69, 9.17) is 16.6 Å². The molecule has 0 aromatic heterocycles. The lowest BCUT2D eigenvalue weighted by atomic mass is 9.98. The average Bonchev–Trinajstić information content (AvgIpc) is 2.65. The first-order valence-corrected chi connectivity index (χ1v) is 3.32. The minimum Gasteiger partial charge on any atom is -0.481 e. The van der Waals surface area contributed by atoms with E-state index in [2.05, 4.69) is 0 Å². The smallest absolute Gasteiger partial charge is 0.311 e. The average molecular weight is 217 g/mol. The van der Waals surface area contributed by atoms with Crippen LogP contribution in [0.3, 0.4) is 0 Å². The Morgan fingerprint density at radius 1 is 1.50 bits per heavy atom. The molecule has 0 heterocycles. The topological polar surface area (TPSA) is 89.3 Å². The van der Waals surface area contributed by atoms with E-state index in [1.807, 2.05) is 0 Å². The summed E-state index contributed by atoms with van der Waals surface area (Å²) in [5, 5.41) is 8.67. The van der Waals surface area contributed by atoms with Crippen molar-refractivity contribution in [2.45, 2.75) is 18.9 Å². The van der Waals surface area contributed by atoms with Crippen LogP contribution >= 0.6 is 24.8 Å². The number of carbonyl (C=O) groups is 1. The second-order valence-electron chi connectivity index (χ2n) is 2.80. The molecule has 0 amide bonds. The van der Waals surface area contributed by atoms with Gasteiger partial charge >= 0.3 is 5.97 Å². The van der Waals surface area contributed by atoms with E-state index in [0.29, 0.717) is 12.8 Å². The van der Waals surface area contributed by atoms with Crippen molar-refractivity contribution < 1.29 is 9.90 Å². The molecule has 1 aliphatic rings. The van der Waals surface area contributed by atoms with Crippen molar-refractivity contribution in [3.63, 3.8) is 0 Å². The van der Waals surface area contributed by atoms with Gasteiger partial charge in [0, 0.05) is 12.6 Å². The van der Waals surface area contributed by atoms with Crippen LogP contribution in [0.4, 0.5) is 0 Å². The van der Waals surface area contributed by atoms with Crippen molar-refractivity contribution in [3.05, 3.63) is 0 Å². The summed E-state index contributed by atoms with van der Waals surface area (Å²) >= 11 is 0. The highest BCUT2D eigenvalue weighted by molar-refractivity contribution is 5.85. The molecule has 12 heavy (non-hydrogen) atoms. The number of rotatable bonds is 3. The highest BCUT2D eigenvalue weighted by atomic mass is 35.5. The van der Waals surface area contributed by atoms with Crippen LogP contribution in [-0.2, 0) is 4.79 Å². The third-order valence-corrected chi connectivity index (χ3v) is 2.18. The second kappa shape index (κ2) is 4.87. The third kappa shape index (κ3) is 2.23. The molecule has 5 N–H and O–H groups in total. The van der Waals surface area contributed by atoms with Gasteiger partial charge in [-0.25, -0.2) is 0 Å². The summed E-state index contributed by atoms with van der Waals surface area (Å²) < 4.78 is 0. The van der Waals surface area contributed by atoms with Gasteiger partial charge in [0.25, 0.3) is 0 Å². The van der Waals surface area contributed by atoms with Gasteiger partial charge in [-0.3, -0.25) is 4.79 Å². The van der Waals surface area contributed by atoms with E-state index >= 15 is 0 Å². The number of carboxylic acid groups (broad SMARTS) is 1. The Labute approximate surface area is 83.5 Å². The first-order valence-electron chi connectivity index (χ1n) is 3.32. The number of aliphatic carboxylic acids is 1. The van der Waals surface area contributed by atoms with Gasteiger partial charge < -0.3 is 16.6 Å². The van der Waals surface area contributed by atoms with Gasteiger partial charge in [-0.2, -0.15) is 0 Å². The SMILES string of the molecule is Cl.Cl.NCC(N)C1(C(=O)O)CC1. The summed E-state index contributed by atoms with van der Waals surface area (Å²) in [6.45, 7) is 0.256. The predicted octanol–water partition coefficient (Wildman–Crippen LogP) is -0.0192. The van der Waals surface area contributed by atoms with Crippen LogP contribution in [0, 0.1) is 5.41 Å². The van der Waals surface area contributed by atoms with Crippen LogP contribution in [0.25, 0.3) is 0 Å². The molecular formula is C6H14Cl2N2O2. The maximum absolute atomic E-state index is 10.5. The zero-order valence-electron chi connectivity index (χ0n) is 6.53. The number of nitrogens with two attached hydrogens (primary N) is 2. The van der Waals surface area contributed by atoms with Crippen LogP contribution in [0.1, 0.15) is 12.8 Å².